The van der Waals surface area contributed by atoms with Gasteiger partial charge in [0.05, 0.1) is 0 Å². The fraction of sp³-hybridized carbons (Fsp3) is 0.882. The number of nitrogens with one attached hydrogen (secondary N) is 1. The zero-order valence-corrected chi connectivity index (χ0v) is 14.1. The lowest BCUT2D eigenvalue weighted by Crippen LogP contribution is -2.44. The van der Waals surface area contributed by atoms with E-state index >= 15 is 0 Å². The van der Waals surface area contributed by atoms with Crippen molar-refractivity contribution in [3.8, 4) is 0 Å². The molecule has 0 aromatic carbocycles. The molecule has 3 aliphatic rings. The molecule has 0 bridgehead atoms. The summed E-state index contributed by atoms with van der Waals surface area (Å²) in [6.07, 6.45) is 5.02. The second-order valence-electron chi connectivity index (χ2n) is 7.10. The van der Waals surface area contributed by atoms with Crippen molar-refractivity contribution in [3.63, 3.8) is 0 Å². The molecule has 3 aliphatic heterocycles. The Morgan fingerprint density at radius 1 is 0.913 bits per heavy atom. The summed E-state index contributed by atoms with van der Waals surface area (Å²) in [6.45, 7) is 4.97. The molecule has 6 nitrogen and oxygen atoms in total. The molecule has 3 amide bonds. The van der Waals surface area contributed by atoms with Crippen molar-refractivity contribution < 1.29 is 14.3 Å². The Morgan fingerprint density at radius 2 is 1.52 bits per heavy atom. The van der Waals surface area contributed by atoms with Gasteiger partial charge in [-0.25, -0.2) is 4.79 Å². The highest BCUT2D eigenvalue weighted by Gasteiger charge is 2.36. The van der Waals surface area contributed by atoms with Gasteiger partial charge in [-0.05, 0) is 43.9 Å². The molecule has 23 heavy (non-hydrogen) atoms. The van der Waals surface area contributed by atoms with Crippen molar-refractivity contribution in [2.45, 2.75) is 32.1 Å². The lowest BCUT2D eigenvalue weighted by molar-refractivity contribution is -0.137. The van der Waals surface area contributed by atoms with E-state index in [1.165, 1.54) is 0 Å². The van der Waals surface area contributed by atoms with E-state index in [2.05, 4.69) is 10.2 Å². The number of likely N-dealkylation sites (tertiary alicyclic amines) is 2. The summed E-state index contributed by atoms with van der Waals surface area (Å²) in [5.41, 5.74) is 0. The van der Waals surface area contributed by atoms with Crippen LogP contribution in [0.3, 0.4) is 0 Å². The maximum absolute atomic E-state index is 12.6. The molecule has 130 valence electrons. The average Bonchev–Trinajstić information content (AvgIpc) is 3.11. The number of ether oxygens (including phenoxy) is 1. The Labute approximate surface area is 138 Å². The van der Waals surface area contributed by atoms with Gasteiger partial charge in [0.2, 0.25) is 5.91 Å². The summed E-state index contributed by atoms with van der Waals surface area (Å²) < 4.78 is 5.36. The molecule has 1 atom stereocenters. The van der Waals surface area contributed by atoms with Crippen molar-refractivity contribution >= 4 is 11.9 Å². The number of hydrogen-bond donors (Lipinski definition) is 1. The van der Waals surface area contributed by atoms with Gasteiger partial charge < -0.3 is 19.9 Å². The van der Waals surface area contributed by atoms with Crippen LogP contribution in [0.15, 0.2) is 0 Å². The van der Waals surface area contributed by atoms with Gasteiger partial charge in [0.15, 0.2) is 0 Å². The van der Waals surface area contributed by atoms with Crippen molar-refractivity contribution in [2.24, 2.45) is 17.8 Å². The van der Waals surface area contributed by atoms with Gasteiger partial charge in [-0.3, -0.25) is 4.79 Å². The molecular formula is C17H29N3O3. The van der Waals surface area contributed by atoms with Crippen molar-refractivity contribution in [2.75, 3.05) is 46.4 Å². The number of urea groups is 1. The van der Waals surface area contributed by atoms with E-state index in [4.69, 9.17) is 4.74 Å². The summed E-state index contributed by atoms with van der Waals surface area (Å²) >= 11 is 0. The largest absolute Gasteiger partial charge is 0.381 e. The molecule has 6 heteroatoms. The number of piperidine rings is 1. The predicted molar refractivity (Wildman–Crippen MR) is 87.0 cm³/mol. The second-order valence-corrected chi connectivity index (χ2v) is 7.10. The summed E-state index contributed by atoms with van der Waals surface area (Å²) in [6, 6.07) is 0.0335. The molecule has 3 rings (SSSR count). The molecule has 3 saturated heterocycles. The van der Waals surface area contributed by atoms with Crippen LogP contribution in [0.1, 0.15) is 32.1 Å². The first-order valence-corrected chi connectivity index (χ1v) is 9.02. The van der Waals surface area contributed by atoms with Crippen LogP contribution in [0, 0.1) is 17.8 Å². The van der Waals surface area contributed by atoms with Crippen LogP contribution in [0.4, 0.5) is 4.79 Å². The van der Waals surface area contributed by atoms with Gasteiger partial charge in [0.1, 0.15) is 0 Å². The molecule has 0 radical (unpaired) electrons. The SMILES string of the molecule is CNC(=O)N1CCC(C2CCN(C(=O)C3CCOCC3)C2)CC1. The monoisotopic (exact) mass is 323 g/mol. The van der Waals surface area contributed by atoms with Gasteiger partial charge >= 0.3 is 6.03 Å². The molecule has 0 aliphatic carbocycles. The number of carbonyl (C=O) groups excluding carboxylic acids is 2. The second kappa shape index (κ2) is 7.51. The Hall–Kier alpha value is -1.30. The summed E-state index contributed by atoms with van der Waals surface area (Å²) in [5, 5.41) is 2.70. The normalized spacial score (nSPS) is 27.3. The van der Waals surface area contributed by atoms with Crippen molar-refractivity contribution in [3.05, 3.63) is 0 Å². The van der Waals surface area contributed by atoms with Gasteiger partial charge in [-0.1, -0.05) is 0 Å². The third-order valence-electron chi connectivity index (χ3n) is 5.81. The van der Waals surface area contributed by atoms with Crippen LogP contribution in [0.5, 0.6) is 0 Å². The highest BCUT2D eigenvalue weighted by atomic mass is 16.5. The predicted octanol–water partition coefficient (Wildman–Crippen LogP) is 1.31. The molecular weight excluding hydrogens is 294 g/mol. The summed E-state index contributed by atoms with van der Waals surface area (Å²) in [7, 11) is 1.69. The standard InChI is InChI=1S/C17H29N3O3/c1-18-17(22)19-7-2-13(3-8-19)15-4-9-20(12-15)16(21)14-5-10-23-11-6-14/h13-15H,2-12H2,1H3,(H,18,22). The van der Waals surface area contributed by atoms with Crippen molar-refractivity contribution in [1.82, 2.24) is 15.1 Å². The van der Waals surface area contributed by atoms with Crippen LogP contribution >= 0.6 is 0 Å². The lowest BCUT2D eigenvalue weighted by Gasteiger charge is -2.34. The maximum atomic E-state index is 12.6. The van der Waals surface area contributed by atoms with E-state index in [1.54, 1.807) is 7.05 Å². The summed E-state index contributed by atoms with van der Waals surface area (Å²) in [4.78, 5) is 28.3. The highest BCUT2D eigenvalue weighted by molar-refractivity contribution is 5.79. The first-order chi connectivity index (χ1) is 11.2. The fourth-order valence-corrected chi connectivity index (χ4v) is 4.31. The van der Waals surface area contributed by atoms with Crippen molar-refractivity contribution in [1.29, 1.82) is 0 Å². The third kappa shape index (κ3) is 3.79. The smallest absolute Gasteiger partial charge is 0.317 e. The number of amides is 3. The Kier molecular flexibility index (Phi) is 5.41. The zero-order valence-electron chi connectivity index (χ0n) is 14.1. The van der Waals surface area contributed by atoms with Gasteiger partial charge in [0.25, 0.3) is 0 Å². The fourth-order valence-electron chi connectivity index (χ4n) is 4.31. The van der Waals surface area contributed by atoms with Crippen LogP contribution in [0.25, 0.3) is 0 Å². The van der Waals surface area contributed by atoms with Gasteiger partial charge in [-0.15, -0.1) is 0 Å². The Balaban J connectivity index is 1.46. The molecule has 3 heterocycles. The molecule has 1 N–H and O–H groups in total. The first-order valence-electron chi connectivity index (χ1n) is 9.02. The van der Waals surface area contributed by atoms with Gasteiger partial charge in [0, 0.05) is 52.4 Å². The number of hydrogen-bond acceptors (Lipinski definition) is 3. The average molecular weight is 323 g/mol. The van der Waals surface area contributed by atoms with E-state index in [-0.39, 0.29) is 11.9 Å². The minimum absolute atomic E-state index is 0.0335. The van der Waals surface area contributed by atoms with E-state index < -0.39 is 0 Å². The van der Waals surface area contributed by atoms with E-state index in [0.29, 0.717) is 17.7 Å². The summed E-state index contributed by atoms with van der Waals surface area (Å²) in [5.74, 6) is 1.80. The van der Waals surface area contributed by atoms with Crippen LogP contribution in [0.2, 0.25) is 0 Å². The molecule has 3 fully saturated rings. The molecule has 0 aromatic heterocycles. The zero-order chi connectivity index (χ0) is 16.2. The van der Waals surface area contributed by atoms with Crippen LogP contribution < -0.4 is 5.32 Å². The van der Waals surface area contributed by atoms with Crippen LogP contribution in [-0.4, -0.2) is 68.2 Å². The minimum atomic E-state index is 0.0335. The lowest BCUT2D eigenvalue weighted by atomic mass is 9.84. The molecule has 0 saturated carbocycles. The minimum Gasteiger partial charge on any atom is -0.381 e. The molecule has 0 spiro atoms. The highest BCUT2D eigenvalue weighted by Crippen LogP contribution is 2.33. The maximum Gasteiger partial charge on any atom is 0.317 e. The third-order valence-corrected chi connectivity index (χ3v) is 5.81. The molecule has 0 aromatic rings. The van der Waals surface area contributed by atoms with E-state index in [9.17, 15) is 9.59 Å². The Bertz CT molecular complexity index is 429. The molecule has 1 unspecified atom stereocenters. The number of rotatable bonds is 2. The number of nitrogens with zero attached hydrogens (tertiary/aromatic N) is 2. The van der Waals surface area contributed by atoms with E-state index in [0.717, 1.165) is 71.5 Å². The number of carbonyl (C=O) groups is 2. The van der Waals surface area contributed by atoms with Crippen LogP contribution in [-0.2, 0) is 9.53 Å². The van der Waals surface area contributed by atoms with E-state index in [1.807, 2.05) is 4.90 Å². The van der Waals surface area contributed by atoms with Gasteiger partial charge in [-0.2, -0.15) is 0 Å². The topological polar surface area (TPSA) is 61.9 Å². The quantitative estimate of drug-likeness (QED) is 0.833. The first kappa shape index (κ1) is 16.6. The Morgan fingerprint density at radius 3 is 2.17 bits per heavy atom.